The first-order valence-corrected chi connectivity index (χ1v) is 9.74. The molecule has 0 spiro atoms. The summed E-state index contributed by atoms with van der Waals surface area (Å²) in [7, 11) is -1.10. The number of benzene rings is 1. The van der Waals surface area contributed by atoms with Crippen LogP contribution in [0, 0.1) is 0 Å². The molecule has 2 rings (SSSR count). The summed E-state index contributed by atoms with van der Waals surface area (Å²) in [6.45, 7) is 1.33. The van der Waals surface area contributed by atoms with Gasteiger partial charge < -0.3 is 47.1 Å². The summed E-state index contributed by atoms with van der Waals surface area (Å²) in [5.41, 5.74) is 22.3. The van der Waals surface area contributed by atoms with Crippen molar-refractivity contribution in [1.82, 2.24) is 4.98 Å². The Bertz CT molecular complexity index is 873. The predicted octanol–water partition coefficient (Wildman–Crippen LogP) is 1.16. The number of anilines is 4. The third-order valence-corrected chi connectivity index (χ3v) is 4.00. The number of carbonyl (C=O) groups excluding carboxylic acids is 2. The van der Waals surface area contributed by atoms with Crippen LogP contribution < -0.4 is 32.8 Å². The van der Waals surface area contributed by atoms with Crippen molar-refractivity contribution in [1.29, 1.82) is 0 Å². The van der Waals surface area contributed by atoms with Gasteiger partial charge in [-0.05, 0) is 31.2 Å². The number of hydrogen-bond acceptors (Lipinski definition) is 12. The van der Waals surface area contributed by atoms with Crippen LogP contribution >= 0.6 is 8.60 Å². The number of nitrogens with zero attached hydrogens (tertiary/aromatic N) is 1. The molecule has 1 heterocycles. The highest BCUT2D eigenvalue weighted by atomic mass is 31.2. The van der Waals surface area contributed by atoms with Crippen molar-refractivity contribution in [2.24, 2.45) is 5.73 Å². The Hall–Kier alpha value is -3.38. The van der Waals surface area contributed by atoms with Crippen LogP contribution in [-0.4, -0.2) is 41.9 Å². The molecule has 2 atom stereocenters. The number of methoxy groups -OCH3 is 1. The summed E-state index contributed by atoms with van der Waals surface area (Å²) in [6.07, 6.45) is -1.91. The van der Waals surface area contributed by atoms with Gasteiger partial charge in [0.1, 0.15) is 11.6 Å². The third kappa shape index (κ3) is 9.78. The Morgan fingerprint density at radius 1 is 1.16 bits per heavy atom. The van der Waals surface area contributed by atoms with E-state index < -0.39 is 21.0 Å². The Morgan fingerprint density at radius 2 is 1.84 bits per heavy atom. The maximum atomic E-state index is 10.8. The summed E-state index contributed by atoms with van der Waals surface area (Å²) >= 11 is 0. The van der Waals surface area contributed by atoms with E-state index in [4.69, 9.17) is 32.0 Å². The Balaban J connectivity index is 0.000000327. The van der Waals surface area contributed by atoms with Crippen LogP contribution in [-0.2, 0) is 18.8 Å². The quantitative estimate of drug-likeness (QED) is 0.149. The molecule has 2 aromatic rings. The van der Waals surface area contributed by atoms with E-state index in [0.29, 0.717) is 17.2 Å². The van der Waals surface area contributed by atoms with Gasteiger partial charge in [0, 0.05) is 0 Å². The number of para-hydroxylation sites is 2. The smallest absolute Gasteiger partial charge is 0.438 e. The fourth-order valence-corrected chi connectivity index (χ4v) is 2.43. The molecule has 31 heavy (non-hydrogen) atoms. The number of nitrogens with two attached hydrogens (primary N) is 4. The summed E-state index contributed by atoms with van der Waals surface area (Å²) in [5, 5.41) is 2.45. The minimum Gasteiger partial charge on any atom is -0.438 e. The number of amides is 1. The summed E-state index contributed by atoms with van der Waals surface area (Å²) in [5.74, 6) is 0.505. The first kappa shape index (κ1) is 25.7. The third-order valence-electron chi connectivity index (χ3n) is 3.17. The van der Waals surface area contributed by atoms with E-state index in [-0.39, 0.29) is 24.0 Å². The van der Waals surface area contributed by atoms with Gasteiger partial charge in [0.05, 0.1) is 25.0 Å². The van der Waals surface area contributed by atoms with Gasteiger partial charge in [0.25, 0.3) is 0 Å². The highest BCUT2D eigenvalue weighted by Gasteiger charge is 2.18. The molecule has 1 aromatic heterocycles. The number of aromatic nitrogens is 1. The highest BCUT2D eigenvalue weighted by molar-refractivity contribution is 7.41. The molecule has 2 unspecified atom stereocenters. The largest absolute Gasteiger partial charge is 0.510 e. The Morgan fingerprint density at radius 3 is 2.42 bits per heavy atom. The van der Waals surface area contributed by atoms with Crippen LogP contribution in [0.3, 0.4) is 0 Å². The molecular formula is C17H25N6O7P. The zero-order valence-electron chi connectivity index (χ0n) is 16.8. The van der Waals surface area contributed by atoms with E-state index in [0.717, 1.165) is 7.11 Å². The summed E-state index contributed by atoms with van der Waals surface area (Å²) < 4.78 is 18.8. The van der Waals surface area contributed by atoms with E-state index in [2.05, 4.69) is 19.8 Å². The lowest BCUT2D eigenvalue weighted by Crippen LogP contribution is -2.22. The van der Waals surface area contributed by atoms with Gasteiger partial charge in [-0.25, -0.2) is 9.78 Å². The van der Waals surface area contributed by atoms with Crippen molar-refractivity contribution in [2.45, 2.75) is 13.2 Å². The number of nitrogens with one attached hydrogen (secondary N) is 1. The number of carbonyl (C=O) groups is 2. The number of nitrogen functional groups attached to an aromatic ring is 3. The first-order valence-electron chi connectivity index (χ1n) is 8.61. The van der Waals surface area contributed by atoms with Crippen molar-refractivity contribution in [3.05, 3.63) is 36.4 Å². The fraction of sp³-hybridized carbons (Fsp3) is 0.235. The molecule has 14 heteroatoms. The van der Waals surface area contributed by atoms with Gasteiger partial charge in [-0.1, -0.05) is 12.1 Å². The second-order valence-electron chi connectivity index (χ2n) is 5.54. The fourth-order valence-electron chi connectivity index (χ4n) is 1.75. The second kappa shape index (κ2) is 13.0. The molecular weight excluding hydrogens is 431 g/mol. The molecule has 0 aliphatic carbocycles. The topological polar surface area (TPSA) is 220 Å². The van der Waals surface area contributed by atoms with Crippen molar-refractivity contribution in [3.63, 3.8) is 0 Å². The van der Waals surface area contributed by atoms with Crippen LogP contribution in [0.5, 0.6) is 5.75 Å². The summed E-state index contributed by atoms with van der Waals surface area (Å²) in [6, 6.07) is 9.74. The molecule has 170 valence electrons. The Labute approximate surface area is 179 Å². The van der Waals surface area contributed by atoms with E-state index in [1.54, 1.807) is 36.4 Å². The second-order valence-corrected chi connectivity index (χ2v) is 6.40. The minimum absolute atomic E-state index is 0.0913. The van der Waals surface area contributed by atoms with Gasteiger partial charge in [-0.2, -0.15) is 0 Å². The molecule has 10 N–H and O–H groups in total. The van der Waals surface area contributed by atoms with Gasteiger partial charge in [-0.3, -0.25) is 9.32 Å². The van der Waals surface area contributed by atoms with Crippen LogP contribution in [0.1, 0.15) is 6.92 Å². The zero-order valence-corrected chi connectivity index (χ0v) is 17.7. The molecule has 0 bridgehead atoms. The molecule has 0 saturated heterocycles. The monoisotopic (exact) mass is 456 g/mol. The standard InChI is InChI=1S/C10H14NO6P.C7H11N5O/c1-7(15-10(12)14-2)16-18(13)17-9-6-4-3-5-8(9)11;8-3-6(13)11-5-2-1-4(9)7(10)12-5/h3-7,13H,11H2,1-2H3;1-2H,3,8-9H2,(H3,10,11,12,13). The molecule has 1 amide bonds. The van der Waals surface area contributed by atoms with Gasteiger partial charge in [-0.15, -0.1) is 0 Å². The van der Waals surface area contributed by atoms with Crippen molar-refractivity contribution in [3.8, 4) is 5.75 Å². The molecule has 0 radical (unpaired) electrons. The number of rotatable bonds is 7. The number of ether oxygens (including phenoxy) is 2. The first-order chi connectivity index (χ1) is 14.7. The molecule has 0 saturated carbocycles. The predicted molar refractivity (Wildman–Crippen MR) is 115 cm³/mol. The number of hydrogen-bond donors (Lipinski definition) is 6. The average Bonchev–Trinajstić information content (AvgIpc) is 2.72. The van der Waals surface area contributed by atoms with Gasteiger partial charge in [0.15, 0.2) is 5.75 Å². The molecule has 13 nitrogen and oxygen atoms in total. The van der Waals surface area contributed by atoms with Gasteiger partial charge >= 0.3 is 14.8 Å². The Kier molecular flexibility index (Phi) is 10.8. The van der Waals surface area contributed by atoms with Gasteiger partial charge in [0.2, 0.25) is 12.2 Å². The van der Waals surface area contributed by atoms with Crippen LogP contribution in [0.2, 0.25) is 0 Å². The van der Waals surface area contributed by atoms with Crippen LogP contribution in [0.15, 0.2) is 36.4 Å². The van der Waals surface area contributed by atoms with Crippen molar-refractivity contribution >= 4 is 43.7 Å². The number of pyridine rings is 1. The maximum Gasteiger partial charge on any atom is 0.510 e. The minimum atomic E-state index is -2.26. The van der Waals surface area contributed by atoms with E-state index >= 15 is 0 Å². The van der Waals surface area contributed by atoms with E-state index in [1.165, 1.54) is 6.92 Å². The molecule has 1 aromatic carbocycles. The van der Waals surface area contributed by atoms with E-state index in [1.807, 2.05) is 0 Å². The van der Waals surface area contributed by atoms with Crippen LogP contribution in [0.25, 0.3) is 0 Å². The lowest BCUT2D eigenvalue weighted by atomic mass is 10.3. The molecule has 0 aliphatic heterocycles. The average molecular weight is 456 g/mol. The SMILES string of the molecule is COC(=O)OC(C)OP(O)Oc1ccccc1N.NCC(=O)Nc1ccc(N)c(N)n1. The lowest BCUT2D eigenvalue weighted by Gasteiger charge is -2.17. The van der Waals surface area contributed by atoms with Crippen molar-refractivity contribution < 1.29 is 33.0 Å². The summed E-state index contributed by atoms with van der Waals surface area (Å²) in [4.78, 5) is 34.9. The lowest BCUT2D eigenvalue weighted by molar-refractivity contribution is -0.114. The zero-order chi connectivity index (χ0) is 23.4. The van der Waals surface area contributed by atoms with E-state index in [9.17, 15) is 14.5 Å². The molecule has 0 fully saturated rings. The normalized spacial score (nSPS) is 11.9. The highest BCUT2D eigenvalue weighted by Crippen LogP contribution is 2.38. The maximum absolute atomic E-state index is 10.8. The van der Waals surface area contributed by atoms with Crippen molar-refractivity contribution in [2.75, 3.05) is 36.2 Å². The molecule has 0 aliphatic rings. The van der Waals surface area contributed by atoms with Crippen LogP contribution in [0.4, 0.5) is 27.8 Å².